The summed E-state index contributed by atoms with van der Waals surface area (Å²) in [5.41, 5.74) is 1.08. The van der Waals surface area contributed by atoms with E-state index in [1.165, 1.54) is 12.5 Å². The second-order valence-corrected chi connectivity index (χ2v) is 3.20. The molecule has 1 aromatic carbocycles. The van der Waals surface area contributed by atoms with Crippen LogP contribution < -0.4 is 5.32 Å². The van der Waals surface area contributed by atoms with E-state index < -0.39 is 0 Å². The van der Waals surface area contributed by atoms with Crippen LogP contribution in [-0.2, 0) is 0 Å². The monoisotopic (exact) mass is 201 g/mol. The molecule has 1 aliphatic heterocycles. The molecule has 0 amide bonds. The van der Waals surface area contributed by atoms with Crippen LogP contribution in [0.5, 0.6) is 0 Å². The average Bonchev–Trinajstić information content (AvgIpc) is 2.56. The van der Waals surface area contributed by atoms with Crippen LogP contribution in [0, 0.1) is 5.82 Å². The van der Waals surface area contributed by atoms with E-state index in [0.29, 0.717) is 6.04 Å². The smallest absolute Gasteiger partial charge is 0.123 e. The lowest BCUT2D eigenvalue weighted by molar-refractivity contribution is 0.606. The van der Waals surface area contributed by atoms with Gasteiger partial charge in [-0.2, -0.15) is 0 Å². The zero-order valence-corrected chi connectivity index (χ0v) is 8.11. The highest BCUT2D eigenvalue weighted by molar-refractivity contribution is 5.85. The Morgan fingerprint density at radius 1 is 1.38 bits per heavy atom. The Morgan fingerprint density at radius 2 is 2.23 bits per heavy atom. The third kappa shape index (κ3) is 2.42. The van der Waals surface area contributed by atoms with Gasteiger partial charge < -0.3 is 5.32 Å². The second kappa shape index (κ2) is 4.58. The lowest BCUT2D eigenvalue weighted by atomic mass is 10.1. The number of hydrogen-bond donors (Lipinski definition) is 1. The fourth-order valence-corrected chi connectivity index (χ4v) is 1.69. The summed E-state index contributed by atoms with van der Waals surface area (Å²) in [6.07, 6.45) is 2.32. The van der Waals surface area contributed by atoms with Crippen molar-refractivity contribution in [3.8, 4) is 0 Å². The van der Waals surface area contributed by atoms with Crippen LogP contribution in [0.2, 0.25) is 0 Å². The molecule has 0 bridgehead atoms. The van der Waals surface area contributed by atoms with E-state index >= 15 is 0 Å². The Hall–Kier alpha value is -0.600. The quantitative estimate of drug-likeness (QED) is 0.737. The van der Waals surface area contributed by atoms with Crippen LogP contribution in [0.3, 0.4) is 0 Å². The van der Waals surface area contributed by atoms with Crippen molar-refractivity contribution in [1.82, 2.24) is 5.32 Å². The van der Waals surface area contributed by atoms with Crippen molar-refractivity contribution in [3.63, 3.8) is 0 Å². The van der Waals surface area contributed by atoms with E-state index in [9.17, 15) is 4.39 Å². The Morgan fingerprint density at radius 3 is 2.85 bits per heavy atom. The maximum atomic E-state index is 12.8. The van der Waals surface area contributed by atoms with Gasteiger partial charge in [0.1, 0.15) is 5.82 Å². The highest BCUT2D eigenvalue weighted by Crippen LogP contribution is 2.22. The molecule has 1 N–H and O–H groups in total. The number of hydrogen-bond acceptors (Lipinski definition) is 1. The number of rotatable bonds is 1. The highest BCUT2D eigenvalue weighted by Gasteiger charge is 2.15. The molecule has 1 aliphatic rings. The van der Waals surface area contributed by atoms with Gasteiger partial charge in [-0.05, 0) is 37.1 Å². The highest BCUT2D eigenvalue weighted by atomic mass is 35.5. The number of benzene rings is 1. The molecule has 0 aliphatic carbocycles. The van der Waals surface area contributed by atoms with Gasteiger partial charge in [-0.25, -0.2) is 4.39 Å². The van der Waals surface area contributed by atoms with Gasteiger partial charge in [0.2, 0.25) is 0 Å². The molecule has 3 heteroatoms. The van der Waals surface area contributed by atoms with Crippen LogP contribution >= 0.6 is 12.4 Å². The van der Waals surface area contributed by atoms with E-state index in [-0.39, 0.29) is 18.2 Å². The summed E-state index contributed by atoms with van der Waals surface area (Å²) in [6.45, 7) is 1.06. The number of halogens is 2. The molecule has 0 saturated carbocycles. The van der Waals surface area contributed by atoms with Crippen molar-refractivity contribution in [2.75, 3.05) is 6.54 Å². The Balaban J connectivity index is 0.000000845. The molecule has 1 unspecified atom stereocenters. The third-order valence-electron chi connectivity index (χ3n) is 2.31. The zero-order chi connectivity index (χ0) is 8.39. The predicted molar refractivity (Wildman–Crippen MR) is 53.6 cm³/mol. The normalized spacial score (nSPS) is 21.2. The van der Waals surface area contributed by atoms with Crippen molar-refractivity contribution in [2.24, 2.45) is 0 Å². The average molecular weight is 202 g/mol. The molecule has 0 radical (unpaired) electrons. The standard InChI is InChI=1S/C10H12FN.ClH/c11-9-4-1-3-8(7-9)10-5-2-6-12-10;/h1,3-4,7,10,12H,2,5-6H2;1H. The maximum absolute atomic E-state index is 12.8. The Labute approximate surface area is 83.8 Å². The largest absolute Gasteiger partial charge is 0.310 e. The summed E-state index contributed by atoms with van der Waals surface area (Å²) >= 11 is 0. The molecular weight excluding hydrogens is 189 g/mol. The van der Waals surface area contributed by atoms with Gasteiger partial charge in [-0.15, -0.1) is 12.4 Å². The van der Waals surface area contributed by atoms with Gasteiger partial charge in [0.05, 0.1) is 0 Å². The molecule has 1 atom stereocenters. The van der Waals surface area contributed by atoms with Crippen molar-refractivity contribution in [3.05, 3.63) is 35.6 Å². The Bertz CT molecular complexity index is 271. The first kappa shape index (κ1) is 10.5. The molecule has 1 heterocycles. The van der Waals surface area contributed by atoms with Crippen molar-refractivity contribution in [2.45, 2.75) is 18.9 Å². The van der Waals surface area contributed by atoms with Gasteiger partial charge in [0, 0.05) is 6.04 Å². The van der Waals surface area contributed by atoms with E-state index in [0.717, 1.165) is 18.5 Å². The van der Waals surface area contributed by atoms with Crippen LogP contribution in [-0.4, -0.2) is 6.54 Å². The SMILES string of the molecule is Cl.Fc1cccc(C2CCCN2)c1. The summed E-state index contributed by atoms with van der Waals surface area (Å²) in [7, 11) is 0. The Kier molecular flexibility index (Phi) is 3.70. The maximum Gasteiger partial charge on any atom is 0.123 e. The lowest BCUT2D eigenvalue weighted by Crippen LogP contribution is -2.12. The molecule has 1 fully saturated rings. The molecule has 1 saturated heterocycles. The van der Waals surface area contributed by atoms with E-state index in [4.69, 9.17) is 0 Å². The fourth-order valence-electron chi connectivity index (χ4n) is 1.69. The van der Waals surface area contributed by atoms with Crippen LogP contribution in [0.15, 0.2) is 24.3 Å². The summed E-state index contributed by atoms with van der Waals surface area (Å²) in [5, 5.41) is 3.33. The molecule has 1 aromatic rings. The summed E-state index contributed by atoms with van der Waals surface area (Å²) in [5.74, 6) is -0.138. The van der Waals surface area contributed by atoms with Crippen LogP contribution in [0.4, 0.5) is 4.39 Å². The molecule has 13 heavy (non-hydrogen) atoms. The summed E-state index contributed by atoms with van der Waals surface area (Å²) in [4.78, 5) is 0. The van der Waals surface area contributed by atoms with Crippen molar-refractivity contribution in [1.29, 1.82) is 0 Å². The van der Waals surface area contributed by atoms with Gasteiger partial charge in [-0.3, -0.25) is 0 Å². The first-order valence-electron chi connectivity index (χ1n) is 4.35. The first-order valence-corrected chi connectivity index (χ1v) is 4.35. The van der Waals surface area contributed by atoms with Crippen molar-refractivity contribution < 1.29 is 4.39 Å². The zero-order valence-electron chi connectivity index (χ0n) is 7.29. The van der Waals surface area contributed by atoms with Gasteiger partial charge in [0.25, 0.3) is 0 Å². The minimum Gasteiger partial charge on any atom is -0.310 e. The summed E-state index contributed by atoms with van der Waals surface area (Å²) in [6, 6.07) is 7.22. The van der Waals surface area contributed by atoms with Gasteiger partial charge in [-0.1, -0.05) is 12.1 Å². The summed E-state index contributed by atoms with van der Waals surface area (Å²) < 4.78 is 12.8. The fraction of sp³-hybridized carbons (Fsp3) is 0.400. The molecule has 0 spiro atoms. The van der Waals surface area contributed by atoms with Gasteiger partial charge >= 0.3 is 0 Å². The van der Waals surface area contributed by atoms with Crippen LogP contribution in [0.1, 0.15) is 24.4 Å². The first-order chi connectivity index (χ1) is 5.86. The van der Waals surface area contributed by atoms with E-state index in [2.05, 4.69) is 5.32 Å². The van der Waals surface area contributed by atoms with Crippen molar-refractivity contribution >= 4 is 12.4 Å². The lowest BCUT2D eigenvalue weighted by Gasteiger charge is -2.09. The minimum absolute atomic E-state index is 0. The van der Waals surface area contributed by atoms with Crippen LogP contribution in [0.25, 0.3) is 0 Å². The minimum atomic E-state index is -0.138. The van der Waals surface area contributed by atoms with E-state index in [1.807, 2.05) is 6.07 Å². The molecular formula is C10H13ClFN. The van der Waals surface area contributed by atoms with E-state index in [1.54, 1.807) is 12.1 Å². The molecule has 2 rings (SSSR count). The number of nitrogens with one attached hydrogen (secondary N) is 1. The molecule has 0 aromatic heterocycles. The second-order valence-electron chi connectivity index (χ2n) is 3.20. The molecule has 1 nitrogen and oxygen atoms in total. The predicted octanol–water partition coefficient (Wildman–Crippen LogP) is 2.67. The molecule has 72 valence electrons. The topological polar surface area (TPSA) is 12.0 Å². The third-order valence-corrected chi connectivity index (χ3v) is 2.31. The van der Waals surface area contributed by atoms with Gasteiger partial charge in [0.15, 0.2) is 0 Å².